The van der Waals surface area contributed by atoms with Crippen molar-refractivity contribution >= 4 is 17.7 Å². The lowest BCUT2D eigenvalue weighted by molar-refractivity contribution is -0.917. The average Bonchev–Trinajstić information content (AvgIpc) is 2.69. The van der Waals surface area contributed by atoms with Crippen LogP contribution < -0.4 is 9.64 Å². The maximum atomic E-state index is 12.8. The Morgan fingerprint density at radius 2 is 1.85 bits per heavy atom. The molecule has 0 atom stereocenters. The van der Waals surface area contributed by atoms with Crippen molar-refractivity contribution in [3.63, 3.8) is 0 Å². The highest BCUT2D eigenvalue weighted by atomic mass is 32.2. The number of methoxy groups -OCH3 is 1. The third-order valence-electron chi connectivity index (χ3n) is 4.86. The van der Waals surface area contributed by atoms with E-state index in [0.29, 0.717) is 0 Å². The summed E-state index contributed by atoms with van der Waals surface area (Å²) in [6, 6.07) is 16.3. The third-order valence-corrected chi connectivity index (χ3v) is 5.48. The van der Waals surface area contributed by atoms with Crippen LogP contribution in [0, 0.1) is 0 Å². The normalized spacial score (nSPS) is 15.1. The lowest BCUT2D eigenvalue weighted by Crippen LogP contribution is -3.13. The summed E-state index contributed by atoms with van der Waals surface area (Å²) in [6.45, 7) is 4.61. The second-order valence-corrected chi connectivity index (χ2v) is 7.57. The molecule has 26 heavy (non-hydrogen) atoms. The quantitative estimate of drug-likeness (QED) is 0.844. The fourth-order valence-electron chi connectivity index (χ4n) is 3.38. The number of piperazine rings is 1. The zero-order chi connectivity index (χ0) is 18.4. The van der Waals surface area contributed by atoms with Crippen LogP contribution >= 0.6 is 11.8 Å². The predicted molar refractivity (Wildman–Crippen MR) is 107 cm³/mol. The largest absolute Gasteiger partial charge is 0.497 e. The van der Waals surface area contributed by atoms with E-state index in [-0.39, 0.29) is 5.91 Å². The number of hydrogen-bond acceptors (Lipinski definition) is 3. The van der Waals surface area contributed by atoms with E-state index in [4.69, 9.17) is 4.74 Å². The standard InChI is InChI=1S/C21H26N2O2S/c1-25-20-8-6-17(7-9-20)15-22-10-12-23(13-11-22)21(24)19-5-3-4-18(14-19)16-26-2/h3-9,14H,10-13,15-16H2,1-2H3/p+1. The van der Waals surface area contributed by atoms with Gasteiger partial charge >= 0.3 is 0 Å². The van der Waals surface area contributed by atoms with Crippen LogP contribution in [-0.2, 0) is 12.3 Å². The number of quaternary nitrogens is 1. The smallest absolute Gasteiger partial charge is 0.254 e. The van der Waals surface area contributed by atoms with Crippen LogP contribution in [0.1, 0.15) is 21.5 Å². The Morgan fingerprint density at radius 3 is 2.50 bits per heavy atom. The summed E-state index contributed by atoms with van der Waals surface area (Å²) < 4.78 is 5.21. The monoisotopic (exact) mass is 371 g/mol. The second-order valence-electron chi connectivity index (χ2n) is 6.70. The number of nitrogens with zero attached hydrogens (tertiary/aromatic N) is 1. The Balaban J connectivity index is 1.54. The van der Waals surface area contributed by atoms with Gasteiger partial charge in [0, 0.05) is 16.9 Å². The highest BCUT2D eigenvalue weighted by molar-refractivity contribution is 7.97. The van der Waals surface area contributed by atoms with Gasteiger partial charge in [0.25, 0.3) is 5.91 Å². The molecule has 0 unspecified atom stereocenters. The van der Waals surface area contributed by atoms with Crippen LogP contribution in [0.25, 0.3) is 0 Å². The number of rotatable bonds is 6. The van der Waals surface area contributed by atoms with Gasteiger partial charge in [-0.05, 0) is 48.2 Å². The summed E-state index contributed by atoms with van der Waals surface area (Å²) in [5.74, 6) is 2.00. The topological polar surface area (TPSA) is 34.0 Å². The van der Waals surface area contributed by atoms with Gasteiger partial charge in [-0.1, -0.05) is 12.1 Å². The number of amides is 1. The summed E-state index contributed by atoms with van der Waals surface area (Å²) in [5.41, 5.74) is 3.34. The van der Waals surface area contributed by atoms with E-state index >= 15 is 0 Å². The van der Waals surface area contributed by atoms with Crippen molar-refractivity contribution in [2.45, 2.75) is 12.3 Å². The first kappa shape index (κ1) is 18.8. The first-order valence-corrected chi connectivity index (χ1v) is 10.4. The summed E-state index contributed by atoms with van der Waals surface area (Å²) >= 11 is 1.78. The minimum Gasteiger partial charge on any atom is -0.497 e. The fraction of sp³-hybridized carbons (Fsp3) is 0.381. The number of carbonyl (C=O) groups is 1. The van der Waals surface area contributed by atoms with Gasteiger partial charge < -0.3 is 14.5 Å². The fourth-order valence-corrected chi connectivity index (χ4v) is 3.89. The molecule has 3 rings (SSSR count). The molecule has 1 fully saturated rings. The number of thioether (sulfide) groups is 1. The van der Waals surface area contributed by atoms with Gasteiger partial charge in [-0.15, -0.1) is 0 Å². The average molecular weight is 372 g/mol. The van der Waals surface area contributed by atoms with E-state index < -0.39 is 0 Å². The van der Waals surface area contributed by atoms with Gasteiger partial charge in [-0.2, -0.15) is 11.8 Å². The molecule has 0 saturated carbocycles. The zero-order valence-corrected chi connectivity index (χ0v) is 16.3. The third kappa shape index (κ3) is 4.80. The van der Waals surface area contributed by atoms with E-state index in [0.717, 1.165) is 49.8 Å². The van der Waals surface area contributed by atoms with Crippen molar-refractivity contribution in [2.24, 2.45) is 0 Å². The van der Waals surface area contributed by atoms with Crippen LogP contribution in [0.5, 0.6) is 5.75 Å². The minimum absolute atomic E-state index is 0.163. The SMILES string of the molecule is COc1ccc(C[NH+]2CCN(C(=O)c3cccc(CSC)c3)CC2)cc1. The molecule has 1 saturated heterocycles. The Bertz CT molecular complexity index is 725. The van der Waals surface area contributed by atoms with Crippen LogP contribution in [-0.4, -0.2) is 50.4 Å². The molecule has 1 aliphatic heterocycles. The molecule has 5 heteroatoms. The molecule has 0 spiro atoms. The molecule has 4 nitrogen and oxygen atoms in total. The molecule has 0 bridgehead atoms. The van der Waals surface area contributed by atoms with Gasteiger partial charge in [0.2, 0.25) is 0 Å². The molecular weight excluding hydrogens is 344 g/mol. The second kappa shape index (κ2) is 9.10. The number of benzene rings is 2. The molecule has 1 heterocycles. The molecule has 2 aromatic carbocycles. The molecule has 0 radical (unpaired) electrons. The summed E-state index contributed by atoms with van der Waals surface area (Å²) in [6.07, 6.45) is 2.08. The number of ether oxygens (including phenoxy) is 1. The van der Waals surface area contributed by atoms with Crippen molar-refractivity contribution in [3.05, 3.63) is 65.2 Å². The van der Waals surface area contributed by atoms with Gasteiger partial charge in [0.15, 0.2) is 0 Å². The molecular formula is C21H27N2O2S+. The lowest BCUT2D eigenvalue weighted by atomic mass is 10.1. The highest BCUT2D eigenvalue weighted by Crippen LogP contribution is 2.14. The minimum atomic E-state index is 0.163. The van der Waals surface area contributed by atoms with Crippen LogP contribution in [0.15, 0.2) is 48.5 Å². The molecule has 1 aliphatic rings. The van der Waals surface area contributed by atoms with Crippen molar-refractivity contribution in [2.75, 3.05) is 39.5 Å². The first-order valence-electron chi connectivity index (χ1n) is 9.03. The van der Waals surface area contributed by atoms with Crippen molar-refractivity contribution in [1.29, 1.82) is 0 Å². The maximum absolute atomic E-state index is 12.8. The van der Waals surface area contributed by atoms with Crippen molar-refractivity contribution < 1.29 is 14.4 Å². The summed E-state index contributed by atoms with van der Waals surface area (Å²) in [5, 5.41) is 0. The van der Waals surface area contributed by atoms with Gasteiger partial charge in [-0.3, -0.25) is 4.79 Å². The van der Waals surface area contributed by atoms with E-state index in [1.807, 2.05) is 35.2 Å². The lowest BCUT2D eigenvalue weighted by Gasteiger charge is -2.32. The van der Waals surface area contributed by atoms with Crippen molar-refractivity contribution in [1.82, 2.24) is 4.90 Å². The molecule has 1 amide bonds. The highest BCUT2D eigenvalue weighted by Gasteiger charge is 2.24. The predicted octanol–water partition coefficient (Wildman–Crippen LogP) is 2.10. The van der Waals surface area contributed by atoms with Gasteiger partial charge in [-0.25, -0.2) is 0 Å². The molecule has 1 N–H and O–H groups in total. The van der Waals surface area contributed by atoms with Crippen molar-refractivity contribution in [3.8, 4) is 5.75 Å². The van der Waals surface area contributed by atoms with Gasteiger partial charge in [0.1, 0.15) is 12.3 Å². The van der Waals surface area contributed by atoms with Crippen LogP contribution in [0.4, 0.5) is 0 Å². The van der Waals surface area contributed by atoms with Gasteiger partial charge in [0.05, 0.1) is 33.3 Å². The molecule has 0 aromatic heterocycles. The first-order chi connectivity index (χ1) is 12.7. The Hall–Kier alpha value is -1.98. The number of carbonyl (C=O) groups excluding carboxylic acids is 1. The van der Waals surface area contributed by atoms with E-state index in [1.54, 1.807) is 18.9 Å². The molecule has 0 aliphatic carbocycles. The number of hydrogen-bond donors (Lipinski definition) is 1. The molecule has 138 valence electrons. The zero-order valence-electron chi connectivity index (χ0n) is 15.5. The van der Waals surface area contributed by atoms with Crippen LogP contribution in [0.2, 0.25) is 0 Å². The van der Waals surface area contributed by atoms with E-state index in [2.05, 4.69) is 24.5 Å². The number of nitrogens with one attached hydrogen (secondary N) is 1. The molecule has 2 aromatic rings. The Morgan fingerprint density at radius 1 is 1.12 bits per heavy atom. The summed E-state index contributed by atoms with van der Waals surface area (Å²) in [7, 11) is 1.69. The van der Waals surface area contributed by atoms with Crippen LogP contribution in [0.3, 0.4) is 0 Å². The Labute approximate surface area is 160 Å². The maximum Gasteiger partial charge on any atom is 0.254 e. The summed E-state index contributed by atoms with van der Waals surface area (Å²) in [4.78, 5) is 16.3. The van der Waals surface area contributed by atoms with E-state index in [9.17, 15) is 4.79 Å². The van der Waals surface area contributed by atoms with E-state index in [1.165, 1.54) is 16.0 Å². The Kier molecular flexibility index (Phi) is 6.58.